The molecule has 128 valence electrons. The zero-order valence-corrected chi connectivity index (χ0v) is 15.1. The maximum absolute atomic E-state index is 12.7. The van der Waals surface area contributed by atoms with E-state index in [1.54, 1.807) is 11.3 Å². The van der Waals surface area contributed by atoms with Gasteiger partial charge in [0.25, 0.3) is 0 Å². The van der Waals surface area contributed by atoms with Gasteiger partial charge in [0.05, 0.1) is 11.7 Å². The lowest BCUT2D eigenvalue weighted by Gasteiger charge is -2.24. The van der Waals surface area contributed by atoms with Crippen LogP contribution in [0, 0.1) is 0 Å². The van der Waals surface area contributed by atoms with Crippen LogP contribution in [0.3, 0.4) is 0 Å². The second-order valence-corrected chi connectivity index (χ2v) is 7.50. The molecule has 1 amide bonds. The maximum Gasteiger partial charge on any atom is 0.223 e. The van der Waals surface area contributed by atoms with Gasteiger partial charge in [-0.1, -0.05) is 6.07 Å². The van der Waals surface area contributed by atoms with Crippen LogP contribution in [0.1, 0.15) is 41.7 Å². The zero-order valence-electron chi connectivity index (χ0n) is 14.3. The highest BCUT2D eigenvalue weighted by Crippen LogP contribution is 2.30. The Kier molecular flexibility index (Phi) is 5.58. The lowest BCUT2D eigenvalue weighted by molar-refractivity contribution is -0.132. The van der Waals surface area contributed by atoms with E-state index in [9.17, 15) is 4.79 Å². The summed E-state index contributed by atoms with van der Waals surface area (Å²) in [5.41, 5.74) is 1.00. The molecule has 0 aromatic carbocycles. The Morgan fingerprint density at radius 2 is 2.29 bits per heavy atom. The SMILES string of the molecule is CN(C)Cc1ccnc([C@@H]2CCCN2C(=O)CCc2cccs2)n1. The van der Waals surface area contributed by atoms with Crippen LogP contribution in [0.2, 0.25) is 0 Å². The molecule has 5 nitrogen and oxygen atoms in total. The van der Waals surface area contributed by atoms with Gasteiger partial charge in [-0.15, -0.1) is 11.3 Å². The summed E-state index contributed by atoms with van der Waals surface area (Å²) < 4.78 is 0. The van der Waals surface area contributed by atoms with Crippen molar-refractivity contribution in [1.82, 2.24) is 19.8 Å². The first kappa shape index (κ1) is 17.0. The minimum atomic E-state index is 0.0305. The summed E-state index contributed by atoms with van der Waals surface area (Å²) in [6, 6.07) is 6.10. The molecule has 0 aliphatic carbocycles. The number of rotatable bonds is 6. The third kappa shape index (κ3) is 4.19. The lowest BCUT2D eigenvalue weighted by Crippen LogP contribution is -2.31. The number of aryl methyl sites for hydroxylation is 1. The minimum Gasteiger partial charge on any atom is -0.332 e. The van der Waals surface area contributed by atoms with E-state index in [0.717, 1.165) is 43.9 Å². The fraction of sp³-hybridized carbons (Fsp3) is 0.500. The molecule has 1 atom stereocenters. The lowest BCUT2D eigenvalue weighted by atomic mass is 10.2. The predicted molar refractivity (Wildman–Crippen MR) is 95.8 cm³/mol. The average molecular weight is 344 g/mol. The van der Waals surface area contributed by atoms with Crippen molar-refractivity contribution in [2.75, 3.05) is 20.6 Å². The molecule has 24 heavy (non-hydrogen) atoms. The molecule has 3 rings (SSSR count). The molecule has 1 saturated heterocycles. The molecule has 0 radical (unpaired) electrons. The average Bonchev–Trinajstić information content (AvgIpc) is 3.23. The van der Waals surface area contributed by atoms with Crippen molar-refractivity contribution in [3.05, 3.63) is 46.2 Å². The molecule has 1 aliphatic rings. The van der Waals surface area contributed by atoms with E-state index < -0.39 is 0 Å². The number of nitrogens with zero attached hydrogens (tertiary/aromatic N) is 4. The van der Waals surface area contributed by atoms with E-state index in [2.05, 4.69) is 21.3 Å². The van der Waals surface area contributed by atoms with Gasteiger partial charge in [-0.25, -0.2) is 9.97 Å². The van der Waals surface area contributed by atoms with Gasteiger partial charge in [-0.05, 0) is 50.9 Å². The molecule has 1 aliphatic heterocycles. The van der Waals surface area contributed by atoms with Crippen LogP contribution in [-0.2, 0) is 17.8 Å². The molecule has 0 N–H and O–H groups in total. The molecule has 2 aromatic heterocycles. The van der Waals surface area contributed by atoms with E-state index in [-0.39, 0.29) is 11.9 Å². The Bertz CT molecular complexity index is 671. The number of carbonyl (C=O) groups is 1. The first-order chi connectivity index (χ1) is 11.6. The van der Waals surface area contributed by atoms with E-state index in [1.165, 1.54) is 4.88 Å². The van der Waals surface area contributed by atoms with Gasteiger partial charge in [0, 0.05) is 30.6 Å². The summed E-state index contributed by atoms with van der Waals surface area (Å²) in [5, 5.41) is 2.06. The largest absolute Gasteiger partial charge is 0.332 e. The number of carbonyl (C=O) groups excluding carboxylic acids is 1. The number of hydrogen-bond acceptors (Lipinski definition) is 5. The number of aromatic nitrogens is 2. The second-order valence-electron chi connectivity index (χ2n) is 6.47. The van der Waals surface area contributed by atoms with E-state index in [0.29, 0.717) is 6.42 Å². The summed E-state index contributed by atoms with van der Waals surface area (Å²) in [5.74, 6) is 1.00. The Hall–Kier alpha value is -1.79. The van der Waals surface area contributed by atoms with Crippen molar-refractivity contribution in [2.24, 2.45) is 0 Å². The summed E-state index contributed by atoms with van der Waals surface area (Å²) in [4.78, 5) is 27.1. The molecule has 6 heteroatoms. The summed E-state index contributed by atoms with van der Waals surface area (Å²) >= 11 is 1.71. The molecule has 2 aromatic rings. The molecule has 0 saturated carbocycles. The Balaban J connectivity index is 1.67. The number of thiophene rings is 1. The highest BCUT2D eigenvalue weighted by atomic mass is 32.1. The number of hydrogen-bond donors (Lipinski definition) is 0. The van der Waals surface area contributed by atoms with Crippen molar-refractivity contribution in [3.8, 4) is 0 Å². The third-order valence-corrected chi connectivity index (χ3v) is 5.18. The smallest absolute Gasteiger partial charge is 0.223 e. The van der Waals surface area contributed by atoms with Gasteiger partial charge >= 0.3 is 0 Å². The van der Waals surface area contributed by atoms with E-state index in [4.69, 9.17) is 4.98 Å². The zero-order chi connectivity index (χ0) is 16.9. The second kappa shape index (κ2) is 7.85. The standard InChI is InChI=1S/C18H24N4OS/c1-21(2)13-14-9-10-19-18(20-14)16-6-3-11-22(16)17(23)8-7-15-5-4-12-24-15/h4-5,9-10,12,16H,3,6-8,11,13H2,1-2H3/t16-/m0/s1. The Morgan fingerprint density at radius 1 is 1.42 bits per heavy atom. The van der Waals surface area contributed by atoms with Gasteiger partial charge in [-0.3, -0.25) is 4.79 Å². The van der Waals surface area contributed by atoms with Gasteiger partial charge in [-0.2, -0.15) is 0 Å². The highest BCUT2D eigenvalue weighted by Gasteiger charge is 2.31. The van der Waals surface area contributed by atoms with Crippen molar-refractivity contribution in [3.63, 3.8) is 0 Å². The molecule has 0 unspecified atom stereocenters. The quantitative estimate of drug-likeness (QED) is 0.808. The molecule has 3 heterocycles. The van der Waals surface area contributed by atoms with Crippen LogP contribution in [0.15, 0.2) is 29.8 Å². The van der Waals surface area contributed by atoms with Gasteiger partial charge < -0.3 is 9.80 Å². The first-order valence-corrected chi connectivity index (χ1v) is 9.30. The molecule has 0 bridgehead atoms. The van der Waals surface area contributed by atoms with Crippen LogP contribution >= 0.6 is 11.3 Å². The summed E-state index contributed by atoms with van der Waals surface area (Å²) in [6.45, 7) is 1.60. The van der Waals surface area contributed by atoms with Crippen LogP contribution in [0.4, 0.5) is 0 Å². The van der Waals surface area contributed by atoms with Gasteiger partial charge in [0.1, 0.15) is 0 Å². The van der Waals surface area contributed by atoms with Crippen molar-refractivity contribution < 1.29 is 4.79 Å². The normalized spacial score (nSPS) is 17.6. The first-order valence-electron chi connectivity index (χ1n) is 8.42. The monoisotopic (exact) mass is 344 g/mol. The van der Waals surface area contributed by atoms with Crippen LogP contribution in [0.25, 0.3) is 0 Å². The van der Waals surface area contributed by atoms with E-state index >= 15 is 0 Å². The van der Waals surface area contributed by atoms with Crippen molar-refractivity contribution >= 4 is 17.2 Å². The summed E-state index contributed by atoms with van der Waals surface area (Å²) in [7, 11) is 4.05. The third-order valence-electron chi connectivity index (χ3n) is 4.25. The van der Waals surface area contributed by atoms with Crippen LogP contribution in [-0.4, -0.2) is 46.3 Å². The predicted octanol–water partition coefficient (Wildman–Crippen LogP) is 2.90. The summed E-state index contributed by atoms with van der Waals surface area (Å²) in [6.07, 6.45) is 5.18. The fourth-order valence-electron chi connectivity index (χ4n) is 3.15. The molecule has 1 fully saturated rings. The fourth-order valence-corrected chi connectivity index (χ4v) is 3.86. The molecular weight excluding hydrogens is 320 g/mol. The Labute approximate surface area is 147 Å². The van der Waals surface area contributed by atoms with E-state index in [1.807, 2.05) is 37.3 Å². The van der Waals surface area contributed by atoms with Gasteiger partial charge in [0.15, 0.2) is 5.82 Å². The van der Waals surface area contributed by atoms with Gasteiger partial charge in [0.2, 0.25) is 5.91 Å². The number of likely N-dealkylation sites (tertiary alicyclic amines) is 1. The minimum absolute atomic E-state index is 0.0305. The molecule has 0 spiro atoms. The van der Waals surface area contributed by atoms with Crippen molar-refractivity contribution in [2.45, 2.75) is 38.3 Å². The van der Waals surface area contributed by atoms with Crippen molar-refractivity contribution in [1.29, 1.82) is 0 Å². The Morgan fingerprint density at radius 3 is 3.04 bits per heavy atom. The number of amides is 1. The van der Waals surface area contributed by atoms with Crippen LogP contribution < -0.4 is 0 Å². The highest BCUT2D eigenvalue weighted by molar-refractivity contribution is 7.09. The maximum atomic E-state index is 12.7. The van der Waals surface area contributed by atoms with Crippen LogP contribution in [0.5, 0.6) is 0 Å². The topological polar surface area (TPSA) is 49.3 Å². The molecular formula is C18H24N4OS.